The van der Waals surface area contributed by atoms with Crippen LogP contribution < -0.4 is 43.5 Å². The van der Waals surface area contributed by atoms with Crippen molar-refractivity contribution >= 4 is 32.6 Å². The molecule has 0 aliphatic rings. The molecule has 27 heavy (non-hydrogen) atoms. The average molecular weight is 551 g/mol. The van der Waals surface area contributed by atoms with Crippen molar-refractivity contribution in [2.45, 2.75) is 6.92 Å². The van der Waals surface area contributed by atoms with Gasteiger partial charge in [0.15, 0.2) is 12.3 Å². The molecule has 1 aromatic heterocycles. The molecule has 3 aromatic carbocycles. The van der Waals surface area contributed by atoms with Crippen molar-refractivity contribution in [3.8, 4) is 0 Å². The molecule has 4 rings (SSSR count). The van der Waals surface area contributed by atoms with E-state index in [4.69, 9.17) is 0 Å². The van der Waals surface area contributed by atoms with Gasteiger partial charge in [0, 0.05) is 11.6 Å². The number of carbonyl (C=O) groups excluding carboxylic acids is 1. The Hall–Kier alpha value is -1.77. The molecule has 0 aliphatic carbocycles. The lowest BCUT2D eigenvalue weighted by atomic mass is 10.2. The van der Waals surface area contributed by atoms with Gasteiger partial charge in [0.25, 0.3) is 5.91 Å². The lowest BCUT2D eigenvalue weighted by Gasteiger charge is -2.00. The Balaban J connectivity index is 0.00000210. The highest BCUT2D eigenvalue weighted by Gasteiger charge is 2.18. The molecular formula is C21H16BrIN2OS. The molecule has 1 amide bonds. The molecule has 1 N–H and O–H groups in total. The van der Waals surface area contributed by atoms with E-state index in [9.17, 15) is 4.79 Å². The van der Waals surface area contributed by atoms with Crippen molar-refractivity contribution in [3.05, 3.63) is 91.1 Å². The topological polar surface area (TPSA) is 42.0 Å². The molecule has 0 saturated heterocycles. The van der Waals surface area contributed by atoms with E-state index in [1.807, 2.05) is 36.4 Å². The number of anilines is 1. The van der Waals surface area contributed by atoms with E-state index >= 15 is 0 Å². The van der Waals surface area contributed by atoms with Crippen molar-refractivity contribution in [2.75, 3.05) is 5.32 Å². The summed E-state index contributed by atoms with van der Waals surface area (Å²) in [7, 11) is 0. The molecule has 0 spiro atoms. The third kappa shape index (κ3) is 4.94. The first kappa shape index (κ1) is 20.0. The number of amides is 1. The van der Waals surface area contributed by atoms with Crippen molar-refractivity contribution in [3.63, 3.8) is 0 Å². The van der Waals surface area contributed by atoms with Crippen LogP contribution >= 0.6 is 11.3 Å². The molecule has 6 heteroatoms. The largest absolute Gasteiger partial charge is 1.00 e. The number of fused-ring (bicyclic) bond motifs is 1. The summed E-state index contributed by atoms with van der Waals surface area (Å²) in [6.07, 6.45) is 0. The first-order chi connectivity index (χ1) is 12.7. The fraction of sp³-hybridized carbons (Fsp3) is 0.0476. The fourth-order valence-corrected chi connectivity index (χ4v) is 5.88. The zero-order chi connectivity index (χ0) is 17.9. The Morgan fingerprint density at radius 2 is 1.74 bits per heavy atom. The predicted octanol–water partition coefficient (Wildman–Crippen LogP) is -1.01. The van der Waals surface area contributed by atoms with Crippen LogP contribution in [0.25, 0.3) is 10.2 Å². The number of hydrogen-bond acceptors (Lipinski definition) is 3. The highest BCUT2D eigenvalue weighted by atomic mass is 127. The third-order valence-electron chi connectivity index (χ3n) is 3.80. The number of aromatic nitrogens is 1. The van der Waals surface area contributed by atoms with Gasteiger partial charge in [-0.2, -0.15) is 0 Å². The van der Waals surface area contributed by atoms with Crippen molar-refractivity contribution in [2.24, 2.45) is 0 Å². The normalized spacial score (nSPS) is 10.4. The molecule has 0 aliphatic heterocycles. The molecular weight excluding hydrogens is 535 g/mol. The summed E-state index contributed by atoms with van der Waals surface area (Å²) in [5, 5.41) is 3.58. The van der Waals surface area contributed by atoms with Gasteiger partial charge in [-0.3, -0.25) is 10.1 Å². The first-order valence-electron chi connectivity index (χ1n) is 8.16. The van der Waals surface area contributed by atoms with Crippen LogP contribution in [-0.4, -0.2) is 10.9 Å². The van der Waals surface area contributed by atoms with Gasteiger partial charge in [-0.1, -0.05) is 41.7 Å². The summed E-state index contributed by atoms with van der Waals surface area (Å²) in [5.74, 6) is -0.111. The zero-order valence-corrected chi connectivity index (χ0v) is 19.0. The monoisotopic (exact) mass is 550 g/mol. The zero-order valence-electron chi connectivity index (χ0n) is 14.4. The van der Waals surface area contributed by atoms with Gasteiger partial charge in [0.2, 0.25) is 0 Å². The molecule has 0 atom stereocenters. The lowest BCUT2D eigenvalue weighted by Crippen LogP contribution is -3.61. The number of hydrogen-bond donors (Lipinski definition) is 1. The van der Waals surface area contributed by atoms with E-state index in [1.54, 1.807) is 0 Å². The number of rotatable bonds is 4. The van der Waals surface area contributed by atoms with E-state index in [2.05, 4.69) is 53.6 Å². The third-order valence-corrected chi connectivity index (χ3v) is 7.37. The number of halogens is 2. The Morgan fingerprint density at radius 3 is 2.56 bits per heavy atom. The fourth-order valence-electron chi connectivity index (χ4n) is 2.55. The van der Waals surface area contributed by atoms with Gasteiger partial charge in [-0.05, 0) is 48.9 Å². The number of benzene rings is 3. The minimum atomic E-state index is -0.288. The van der Waals surface area contributed by atoms with Crippen LogP contribution in [0.2, 0.25) is 0 Å². The number of nitrogens with zero attached hydrogens (tertiary/aromatic N) is 1. The van der Waals surface area contributed by atoms with Crippen molar-refractivity contribution in [1.29, 1.82) is 0 Å². The van der Waals surface area contributed by atoms with Gasteiger partial charge < -0.3 is 17.0 Å². The summed E-state index contributed by atoms with van der Waals surface area (Å²) in [4.78, 5) is 17.1. The van der Waals surface area contributed by atoms with Crippen LogP contribution in [0.5, 0.6) is 0 Å². The molecule has 1 heterocycles. The molecule has 0 saturated carbocycles. The minimum Gasteiger partial charge on any atom is -1.00 e. The summed E-state index contributed by atoms with van der Waals surface area (Å²) >= 11 is 1.22. The van der Waals surface area contributed by atoms with E-state index in [0.29, 0.717) is 10.7 Å². The predicted molar refractivity (Wildman–Crippen MR) is 103 cm³/mol. The van der Waals surface area contributed by atoms with Gasteiger partial charge in [-0.15, -0.1) is 0 Å². The van der Waals surface area contributed by atoms with Crippen LogP contribution in [0.3, 0.4) is 0 Å². The van der Waals surface area contributed by atoms with Gasteiger partial charge in [0.1, 0.15) is 0 Å². The molecule has 0 unspecified atom stereocenters. The number of nitrogens with one attached hydrogen (secondary N) is 1. The Morgan fingerprint density at radius 1 is 0.963 bits per heavy atom. The quantitative estimate of drug-likeness (QED) is 0.331. The van der Waals surface area contributed by atoms with Crippen LogP contribution in [0, 0.1) is 14.1 Å². The maximum atomic E-state index is 12.6. The number of carbonyl (C=O) groups is 1. The highest BCUT2D eigenvalue weighted by molar-refractivity contribution is 7.22. The Bertz CT molecular complexity index is 1080. The molecule has 0 bridgehead atoms. The molecule has 0 fully saturated rings. The van der Waals surface area contributed by atoms with Gasteiger partial charge in [0.05, 0.1) is 10.2 Å². The second-order valence-corrected chi connectivity index (χ2v) is 9.91. The van der Waals surface area contributed by atoms with Gasteiger partial charge in [-0.25, -0.2) is 4.98 Å². The molecule has 3 nitrogen and oxygen atoms in total. The van der Waals surface area contributed by atoms with E-state index in [-0.39, 0.29) is 44.1 Å². The van der Waals surface area contributed by atoms with Crippen LogP contribution in [0.4, 0.5) is 5.13 Å². The molecule has 4 aromatic rings. The molecule has 0 radical (unpaired) electrons. The van der Waals surface area contributed by atoms with Crippen LogP contribution in [0.15, 0.2) is 72.8 Å². The summed E-state index contributed by atoms with van der Waals surface area (Å²) in [5.41, 5.74) is 2.78. The lowest BCUT2D eigenvalue weighted by molar-refractivity contribution is -0.597. The van der Waals surface area contributed by atoms with Gasteiger partial charge >= 0.3 is 21.2 Å². The second-order valence-electron chi connectivity index (χ2n) is 5.84. The van der Waals surface area contributed by atoms with E-state index in [0.717, 1.165) is 10.2 Å². The average Bonchev–Trinajstić information content (AvgIpc) is 3.04. The minimum absolute atomic E-state index is 0. The maximum Gasteiger partial charge on any atom is 0.357 e. The standard InChI is InChI=1S/C21H15IN2OS.BrH/c1-14-10-11-18-19(12-14)26-21(23-18)24-20(25)15-6-5-9-17(13-15)22-16-7-3-2-4-8-16;/h2-13H,1H3;1H. The van der Waals surface area contributed by atoms with Crippen molar-refractivity contribution in [1.82, 2.24) is 4.98 Å². The smallest absolute Gasteiger partial charge is 0.357 e. The number of thiazole rings is 1. The molecule has 136 valence electrons. The van der Waals surface area contributed by atoms with Crippen LogP contribution in [-0.2, 0) is 0 Å². The summed E-state index contributed by atoms with van der Waals surface area (Å²) in [6, 6.07) is 24.4. The second kappa shape index (κ2) is 8.95. The Kier molecular flexibility index (Phi) is 6.62. The first-order valence-corrected chi connectivity index (χ1v) is 11.1. The summed E-state index contributed by atoms with van der Waals surface area (Å²) in [6.45, 7) is 2.05. The SMILES string of the molecule is Cc1ccc2nc(NC(=O)c3cccc([I+]c4ccccc4)c3)sc2c1.[Br-]. The maximum absolute atomic E-state index is 12.6. The van der Waals surface area contributed by atoms with E-state index in [1.165, 1.54) is 24.0 Å². The number of aryl methyl sites for hydroxylation is 1. The van der Waals surface area contributed by atoms with E-state index < -0.39 is 0 Å². The highest BCUT2D eigenvalue weighted by Crippen LogP contribution is 2.26. The van der Waals surface area contributed by atoms with Crippen molar-refractivity contribution < 1.29 is 43.0 Å². The van der Waals surface area contributed by atoms with Crippen LogP contribution in [0.1, 0.15) is 15.9 Å². The summed E-state index contributed by atoms with van der Waals surface area (Å²) < 4.78 is 3.65. The Labute approximate surface area is 182 Å².